The summed E-state index contributed by atoms with van der Waals surface area (Å²) in [7, 11) is 0. The summed E-state index contributed by atoms with van der Waals surface area (Å²) in [6, 6.07) is 0. The molecule has 1 rings (SSSR count). The summed E-state index contributed by atoms with van der Waals surface area (Å²) in [5.74, 6) is 0. The number of rotatable bonds is 0. The lowest BCUT2D eigenvalue weighted by Crippen LogP contribution is -1.80. The zero-order chi connectivity index (χ0) is 7.02. The van der Waals surface area contributed by atoms with Crippen LogP contribution in [0.3, 0.4) is 0 Å². The van der Waals surface area contributed by atoms with Gasteiger partial charge in [0.1, 0.15) is 0 Å². The molecule has 1 nitrogen and oxygen atoms in total. The molecule has 0 atom stereocenters. The molecule has 0 aliphatic rings. The predicted octanol–water partition coefficient (Wildman–Crippen LogP) is 2.11. The third-order valence-corrected chi connectivity index (χ3v) is 2.21. The van der Waals surface area contributed by atoms with Crippen molar-refractivity contribution in [2.45, 2.75) is 20.8 Å². The van der Waals surface area contributed by atoms with Gasteiger partial charge in [-0.05, 0) is 31.9 Å². The van der Waals surface area contributed by atoms with Crippen LogP contribution in [0, 0.1) is 20.8 Å². The second-order valence-corrected chi connectivity index (χ2v) is 2.80. The van der Waals surface area contributed by atoms with E-state index >= 15 is 0 Å². The van der Waals surface area contributed by atoms with Crippen molar-refractivity contribution in [1.82, 2.24) is 3.97 Å². The fraction of sp³-hybridized carbons (Fsp3) is 0.429. The summed E-state index contributed by atoms with van der Waals surface area (Å²) in [4.78, 5) is 0. The van der Waals surface area contributed by atoms with E-state index < -0.39 is 0 Å². The lowest BCUT2D eigenvalue weighted by molar-refractivity contribution is 1.16. The Bertz CT molecular complexity index is 203. The van der Waals surface area contributed by atoms with Gasteiger partial charge < -0.3 is 0 Å². The van der Waals surface area contributed by atoms with Crippen LogP contribution in [0.4, 0.5) is 0 Å². The molecule has 0 amide bonds. The number of thiol groups is 1. The predicted molar refractivity (Wildman–Crippen MR) is 43.0 cm³/mol. The van der Waals surface area contributed by atoms with E-state index in [1.807, 2.05) is 10.2 Å². The van der Waals surface area contributed by atoms with Crippen LogP contribution in [0.5, 0.6) is 0 Å². The summed E-state index contributed by atoms with van der Waals surface area (Å²) in [5, 5.41) is 0. The van der Waals surface area contributed by atoms with Gasteiger partial charge in [0, 0.05) is 11.9 Å². The number of hydrogen-bond donors (Lipinski definition) is 1. The maximum atomic E-state index is 4.21. The van der Waals surface area contributed by atoms with E-state index in [1.54, 1.807) is 0 Å². The lowest BCUT2D eigenvalue weighted by Gasteiger charge is -1.92. The highest BCUT2D eigenvalue weighted by Crippen LogP contribution is 2.14. The minimum atomic E-state index is 1.23. The molecule has 50 valence electrons. The molecule has 9 heavy (non-hydrogen) atoms. The van der Waals surface area contributed by atoms with Gasteiger partial charge in [-0.25, -0.2) is 0 Å². The van der Waals surface area contributed by atoms with E-state index in [2.05, 4.69) is 33.6 Å². The molecule has 1 heterocycles. The standard InChI is InChI=1S/C7H11NS/c1-5-4-8(9)7(3)6(5)2/h4,9H,1-3H3. The van der Waals surface area contributed by atoms with Crippen molar-refractivity contribution >= 4 is 12.8 Å². The normalized spacial score (nSPS) is 10.2. The van der Waals surface area contributed by atoms with Gasteiger partial charge in [-0.2, -0.15) is 0 Å². The topological polar surface area (TPSA) is 4.93 Å². The highest BCUT2D eigenvalue weighted by Gasteiger charge is 2.00. The van der Waals surface area contributed by atoms with Gasteiger partial charge >= 0.3 is 0 Å². The molecule has 0 fully saturated rings. The lowest BCUT2D eigenvalue weighted by atomic mass is 10.2. The van der Waals surface area contributed by atoms with Gasteiger partial charge in [-0.15, -0.1) is 0 Å². The minimum absolute atomic E-state index is 1.23. The van der Waals surface area contributed by atoms with E-state index in [0.29, 0.717) is 0 Å². The van der Waals surface area contributed by atoms with Crippen molar-refractivity contribution in [3.05, 3.63) is 23.0 Å². The largest absolute Gasteiger partial charge is 0.298 e. The average Bonchev–Trinajstić information content (AvgIpc) is 1.98. The Kier molecular flexibility index (Phi) is 1.58. The van der Waals surface area contributed by atoms with Gasteiger partial charge in [0.05, 0.1) is 0 Å². The first-order chi connectivity index (χ1) is 4.13. The number of nitrogens with zero attached hydrogens (tertiary/aromatic N) is 1. The summed E-state index contributed by atoms with van der Waals surface area (Å²) in [6.45, 7) is 6.27. The Balaban J connectivity index is 3.29. The zero-order valence-corrected chi connectivity index (χ0v) is 6.87. The van der Waals surface area contributed by atoms with E-state index in [0.717, 1.165) is 0 Å². The molecule has 0 aliphatic heterocycles. The van der Waals surface area contributed by atoms with Crippen LogP contribution in [0.15, 0.2) is 6.20 Å². The van der Waals surface area contributed by atoms with Gasteiger partial charge in [-0.3, -0.25) is 3.97 Å². The van der Waals surface area contributed by atoms with Gasteiger partial charge in [0.2, 0.25) is 0 Å². The van der Waals surface area contributed by atoms with E-state index in [4.69, 9.17) is 0 Å². The smallest absolute Gasteiger partial charge is 0.0291 e. The molecule has 0 radical (unpaired) electrons. The Hall–Kier alpha value is -0.370. The zero-order valence-electron chi connectivity index (χ0n) is 5.97. The number of aromatic nitrogens is 1. The number of aryl methyl sites for hydroxylation is 1. The third-order valence-electron chi connectivity index (χ3n) is 1.79. The van der Waals surface area contributed by atoms with E-state index in [9.17, 15) is 0 Å². The molecular weight excluding hydrogens is 130 g/mol. The number of hydrogen-bond acceptors (Lipinski definition) is 1. The van der Waals surface area contributed by atoms with E-state index in [-0.39, 0.29) is 0 Å². The maximum Gasteiger partial charge on any atom is 0.0291 e. The molecule has 0 aliphatic carbocycles. The molecule has 2 heteroatoms. The molecule has 0 saturated heterocycles. The Labute approximate surface area is 61.2 Å². The average molecular weight is 141 g/mol. The first kappa shape index (κ1) is 6.75. The SMILES string of the molecule is Cc1cn(S)c(C)c1C. The van der Waals surface area contributed by atoms with Gasteiger partial charge in [0.15, 0.2) is 0 Å². The molecule has 0 N–H and O–H groups in total. The summed E-state index contributed by atoms with van der Waals surface area (Å²) in [6.07, 6.45) is 2.02. The van der Waals surface area contributed by atoms with Gasteiger partial charge in [-0.1, -0.05) is 12.8 Å². The van der Waals surface area contributed by atoms with Crippen LogP contribution in [-0.2, 0) is 0 Å². The Morgan fingerprint density at radius 3 is 2.00 bits per heavy atom. The first-order valence-corrected chi connectivity index (χ1v) is 3.37. The minimum Gasteiger partial charge on any atom is -0.298 e. The van der Waals surface area contributed by atoms with Crippen molar-refractivity contribution < 1.29 is 0 Å². The third kappa shape index (κ3) is 0.990. The fourth-order valence-corrected chi connectivity index (χ4v) is 1.16. The molecule has 0 aromatic carbocycles. The molecule has 0 spiro atoms. The Morgan fingerprint density at radius 1 is 1.33 bits per heavy atom. The van der Waals surface area contributed by atoms with Gasteiger partial charge in [0.25, 0.3) is 0 Å². The van der Waals surface area contributed by atoms with Crippen molar-refractivity contribution in [3.8, 4) is 0 Å². The molecule has 1 aromatic rings. The van der Waals surface area contributed by atoms with Crippen LogP contribution in [-0.4, -0.2) is 3.97 Å². The molecular formula is C7H11NS. The molecule has 0 saturated carbocycles. The van der Waals surface area contributed by atoms with Crippen molar-refractivity contribution in [3.63, 3.8) is 0 Å². The molecule has 0 unspecified atom stereocenters. The Morgan fingerprint density at radius 2 is 1.89 bits per heavy atom. The summed E-state index contributed by atoms with van der Waals surface area (Å²) < 4.78 is 1.85. The molecule has 0 bridgehead atoms. The fourth-order valence-electron chi connectivity index (χ4n) is 0.834. The first-order valence-electron chi connectivity index (χ1n) is 2.97. The maximum absolute atomic E-state index is 4.21. The van der Waals surface area contributed by atoms with Crippen LogP contribution >= 0.6 is 12.8 Å². The van der Waals surface area contributed by atoms with E-state index in [1.165, 1.54) is 16.8 Å². The summed E-state index contributed by atoms with van der Waals surface area (Å²) >= 11 is 4.21. The van der Waals surface area contributed by atoms with Crippen LogP contribution in [0.2, 0.25) is 0 Å². The van der Waals surface area contributed by atoms with Crippen LogP contribution < -0.4 is 0 Å². The summed E-state index contributed by atoms with van der Waals surface area (Å²) in [5.41, 5.74) is 3.88. The second kappa shape index (κ2) is 2.10. The van der Waals surface area contributed by atoms with Crippen molar-refractivity contribution in [2.24, 2.45) is 0 Å². The quantitative estimate of drug-likeness (QED) is 0.528. The van der Waals surface area contributed by atoms with Crippen molar-refractivity contribution in [1.29, 1.82) is 0 Å². The van der Waals surface area contributed by atoms with Crippen LogP contribution in [0.25, 0.3) is 0 Å². The highest BCUT2D eigenvalue weighted by molar-refractivity contribution is 7.78. The van der Waals surface area contributed by atoms with Crippen LogP contribution in [0.1, 0.15) is 16.8 Å². The van der Waals surface area contributed by atoms with Crippen molar-refractivity contribution in [2.75, 3.05) is 0 Å². The highest BCUT2D eigenvalue weighted by atomic mass is 32.1. The second-order valence-electron chi connectivity index (χ2n) is 2.37. The molecule has 1 aromatic heterocycles. The monoisotopic (exact) mass is 141 g/mol.